The van der Waals surface area contributed by atoms with E-state index < -0.39 is 0 Å². The summed E-state index contributed by atoms with van der Waals surface area (Å²) in [5.74, 6) is 0. The molecule has 0 aromatic heterocycles. The number of hydrogen-bond acceptors (Lipinski definition) is 4. The van der Waals surface area contributed by atoms with Crippen LogP contribution in [0.25, 0.3) is 0 Å². The van der Waals surface area contributed by atoms with Crippen LogP contribution in [0.3, 0.4) is 0 Å². The van der Waals surface area contributed by atoms with E-state index in [1.165, 1.54) is 18.0 Å². The second kappa shape index (κ2) is 6.42. The van der Waals surface area contributed by atoms with Gasteiger partial charge >= 0.3 is 0 Å². The summed E-state index contributed by atoms with van der Waals surface area (Å²) in [5, 5.41) is 10.7. The molecule has 0 aliphatic rings. The summed E-state index contributed by atoms with van der Waals surface area (Å²) < 4.78 is 3.11. The van der Waals surface area contributed by atoms with Crippen molar-refractivity contribution >= 4 is 17.6 Å². The number of nitrogens with zero attached hydrogens (tertiary/aromatic N) is 1. The van der Waals surface area contributed by atoms with Gasteiger partial charge in [-0.3, -0.25) is 14.8 Å². The third kappa shape index (κ3) is 3.89. The average molecular weight is 226 g/mol. The van der Waals surface area contributed by atoms with Gasteiger partial charge in [0.1, 0.15) is 4.90 Å². The average Bonchev–Trinajstić information content (AvgIpc) is 2.25. The number of nitro benzene ring substituents is 1. The summed E-state index contributed by atoms with van der Waals surface area (Å²) in [4.78, 5) is 11.0. The van der Waals surface area contributed by atoms with Crippen molar-refractivity contribution in [3.8, 4) is 0 Å². The Kier molecular flexibility index (Phi) is 5.14. The monoisotopic (exact) mass is 226 g/mol. The van der Waals surface area contributed by atoms with Gasteiger partial charge in [0.05, 0.1) is 4.92 Å². The van der Waals surface area contributed by atoms with Crippen molar-refractivity contribution in [2.24, 2.45) is 0 Å². The summed E-state index contributed by atoms with van der Waals surface area (Å²) >= 11 is 1.32. The minimum atomic E-state index is -0.357. The Morgan fingerprint density at radius 2 is 2.20 bits per heavy atom. The third-order valence-electron chi connectivity index (χ3n) is 1.88. The Hall–Kier alpha value is -1.07. The highest BCUT2D eigenvalue weighted by atomic mass is 32.2. The Bertz CT molecular complexity index is 331. The van der Waals surface area contributed by atoms with Crippen molar-refractivity contribution in [2.45, 2.75) is 24.7 Å². The molecule has 0 bridgehead atoms. The SMILES string of the molecule is CCCCNSc1ccccc1[N+](=O)[O-]. The first kappa shape index (κ1) is 12.0. The normalized spacial score (nSPS) is 10.2. The lowest BCUT2D eigenvalue weighted by Gasteiger charge is -2.03. The molecule has 1 aromatic rings. The van der Waals surface area contributed by atoms with Gasteiger partial charge < -0.3 is 0 Å². The highest BCUT2D eigenvalue weighted by Gasteiger charge is 2.11. The molecule has 0 spiro atoms. The van der Waals surface area contributed by atoms with Crippen LogP contribution in [-0.2, 0) is 0 Å². The molecule has 5 heteroatoms. The van der Waals surface area contributed by atoms with Crippen LogP contribution in [0.2, 0.25) is 0 Å². The molecule has 4 nitrogen and oxygen atoms in total. The lowest BCUT2D eigenvalue weighted by molar-refractivity contribution is -0.387. The quantitative estimate of drug-likeness (QED) is 0.350. The van der Waals surface area contributed by atoms with Crippen LogP contribution in [0, 0.1) is 10.1 Å². The van der Waals surface area contributed by atoms with Gasteiger partial charge in [0, 0.05) is 12.6 Å². The van der Waals surface area contributed by atoms with Gasteiger partial charge in [0.2, 0.25) is 0 Å². The van der Waals surface area contributed by atoms with E-state index in [9.17, 15) is 10.1 Å². The maximum atomic E-state index is 10.7. The number of nitrogens with one attached hydrogen (secondary N) is 1. The molecule has 0 amide bonds. The standard InChI is InChI=1S/C10H14N2O2S/c1-2-3-8-11-15-10-7-5-4-6-9(10)12(13)14/h4-7,11H,2-3,8H2,1H3. The second-order valence-corrected chi connectivity index (χ2v) is 4.01. The van der Waals surface area contributed by atoms with Crippen molar-refractivity contribution in [3.05, 3.63) is 34.4 Å². The molecule has 0 radical (unpaired) electrons. The van der Waals surface area contributed by atoms with Crippen molar-refractivity contribution in [1.29, 1.82) is 0 Å². The van der Waals surface area contributed by atoms with Crippen molar-refractivity contribution in [2.75, 3.05) is 6.54 Å². The van der Waals surface area contributed by atoms with Gasteiger partial charge in [-0.2, -0.15) is 0 Å². The number of rotatable bonds is 6. The minimum Gasteiger partial charge on any atom is -0.260 e. The second-order valence-electron chi connectivity index (χ2n) is 3.07. The van der Waals surface area contributed by atoms with Gasteiger partial charge in [0.15, 0.2) is 0 Å². The highest BCUT2D eigenvalue weighted by molar-refractivity contribution is 7.97. The first-order valence-corrected chi connectivity index (χ1v) is 5.70. The molecule has 82 valence electrons. The van der Waals surface area contributed by atoms with Crippen LogP contribution in [0.5, 0.6) is 0 Å². The number of hydrogen-bond donors (Lipinski definition) is 1. The van der Waals surface area contributed by atoms with Gasteiger partial charge in [0.25, 0.3) is 5.69 Å². The van der Waals surface area contributed by atoms with Crippen LogP contribution in [0.1, 0.15) is 19.8 Å². The first-order chi connectivity index (χ1) is 7.25. The minimum absolute atomic E-state index is 0.159. The largest absolute Gasteiger partial charge is 0.284 e. The van der Waals surface area contributed by atoms with Crippen molar-refractivity contribution < 1.29 is 4.92 Å². The van der Waals surface area contributed by atoms with E-state index in [1.54, 1.807) is 18.2 Å². The zero-order chi connectivity index (χ0) is 11.1. The predicted octanol–water partition coefficient (Wildman–Crippen LogP) is 2.99. The summed E-state index contributed by atoms with van der Waals surface area (Å²) in [7, 11) is 0. The number of nitro groups is 1. The van der Waals surface area contributed by atoms with Crippen molar-refractivity contribution in [1.82, 2.24) is 4.72 Å². The lowest BCUT2D eigenvalue weighted by Crippen LogP contribution is -2.05. The van der Waals surface area contributed by atoms with Crippen LogP contribution in [0.15, 0.2) is 29.2 Å². The fourth-order valence-electron chi connectivity index (χ4n) is 1.07. The Morgan fingerprint density at radius 3 is 2.87 bits per heavy atom. The van der Waals surface area contributed by atoms with E-state index in [4.69, 9.17) is 0 Å². The maximum absolute atomic E-state index is 10.7. The lowest BCUT2D eigenvalue weighted by atomic mass is 10.3. The molecule has 0 atom stereocenters. The molecular formula is C10H14N2O2S. The molecule has 0 fully saturated rings. The number of unbranched alkanes of at least 4 members (excludes halogenated alkanes) is 1. The molecule has 1 aromatic carbocycles. The van der Waals surface area contributed by atoms with Crippen LogP contribution in [-0.4, -0.2) is 11.5 Å². The fourth-order valence-corrected chi connectivity index (χ4v) is 1.87. The van der Waals surface area contributed by atoms with E-state index in [2.05, 4.69) is 11.6 Å². The smallest absolute Gasteiger partial charge is 0.260 e. The predicted molar refractivity (Wildman–Crippen MR) is 61.9 cm³/mol. The topological polar surface area (TPSA) is 55.2 Å². The van der Waals surface area contributed by atoms with Crippen molar-refractivity contribution in [3.63, 3.8) is 0 Å². The zero-order valence-electron chi connectivity index (χ0n) is 8.60. The summed E-state index contributed by atoms with van der Waals surface area (Å²) in [6.45, 7) is 2.98. The third-order valence-corrected chi connectivity index (χ3v) is 2.79. The van der Waals surface area contributed by atoms with Crippen LogP contribution >= 0.6 is 11.9 Å². The van der Waals surface area contributed by atoms with Gasteiger partial charge in [-0.1, -0.05) is 25.5 Å². The molecule has 0 saturated carbocycles. The van der Waals surface area contributed by atoms with E-state index in [1.807, 2.05) is 0 Å². The molecule has 15 heavy (non-hydrogen) atoms. The Balaban J connectivity index is 2.56. The van der Waals surface area contributed by atoms with Gasteiger partial charge in [-0.15, -0.1) is 0 Å². The molecule has 0 unspecified atom stereocenters. The molecule has 0 saturated heterocycles. The van der Waals surface area contributed by atoms with E-state index in [-0.39, 0.29) is 10.6 Å². The highest BCUT2D eigenvalue weighted by Crippen LogP contribution is 2.26. The first-order valence-electron chi connectivity index (χ1n) is 4.89. The van der Waals surface area contributed by atoms with E-state index in [0.29, 0.717) is 4.90 Å². The van der Waals surface area contributed by atoms with Gasteiger partial charge in [-0.05, 0) is 24.4 Å². The molecule has 0 heterocycles. The summed E-state index contributed by atoms with van der Waals surface area (Å²) in [5.41, 5.74) is 0.159. The Morgan fingerprint density at radius 1 is 1.47 bits per heavy atom. The summed E-state index contributed by atoms with van der Waals surface area (Å²) in [6, 6.07) is 6.75. The van der Waals surface area contributed by atoms with Crippen LogP contribution in [0.4, 0.5) is 5.69 Å². The van der Waals surface area contributed by atoms with Gasteiger partial charge in [-0.25, -0.2) is 0 Å². The number of benzene rings is 1. The fraction of sp³-hybridized carbons (Fsp3) is 0.400. The molecular weight excluding hydrogens is 212 g/mol. The zero-order valence-corrected chi connectivity index (χ0v) is 9.42. The molecule has 1 N–H and O–H groups in total. The van der Waals surface area contributed by atoms with E-state index >= 15 is 0 Å². The molecule has 0 aliphatic carbocycles. The summed E-state index contributed by atoms with van der Waals surface area (Å²) in [6.07, 6.45) is 2.19. The molecule has 0 aliphatic heterocycles. The molecule has 1 rings (SSSR count). The van der Waals surface area contributed by atoms with Crippen LogP contribution < -0.4 is 4.72 Å². The maximum Gasteiger partial charge on any atom is 0.284 e. The Labute approximate surface area is 93.4 Å². The van der Waals surface area contributed by atoms with E-state index in [0.717, 1.165) is 19.4 Å². The number of para-hydroxylation sites is 1.